The largest absolute Gasteiger partial charge is 0.507 e. The lowest BCUT2D eigenvalue weighted by Crippen LogP contribution is -2.29. The molecule has 0 aliphatic carbocycles. The van der Waals surface area contributed by atoms with Gasteiger partial charge in [0.15, 0.2) is 5.13 Å². The molecule has 0 radical (unpaired) electrons. The Morgan fingerprint density at radius 1 is 1.03 bits per heavy atom. The number of amides is 1. The number of benzene rings is 3. The predicted octanol–water partition coefficient (Wildman–Crippen LogP) is 6.62. The van der Waals surface area contributed by atoms with Crippen LogP contribution in [0.1, 0.15) is 50.4 Å². The number of nitrogens with zero attached hydrogens (tertiary/aromatic N) is 2. The van der Waals surface area contributed by atoms with E-state index in [2.05, 4.69) is 20.8 Å². The maximum Gasteiger partial charge on any atom is 0.301 e. The number of ether oxygens (including phenoxy) is 1. The Hall–Kier alpha value is -3.97. The van der Waals surface area contributed by atoms with Crippen molar-refractivity contribution >= 4 is 44.1 Å². The number of carbonyl (C=O) groups excluding carboxylic acids is 2. The van der Waals surface area contributed by atoms with E-state index in [0.717, 1.165) is 15.8 Å². The molecule has 188 valence electrons. The molecule has 6 nitrogen and oxygen atoms in total. The van der Waals surface area contributed by atoms with E-state index in [1.807, 2.05) is 55.5 Å². The van der Waals surface area contributed by atoms with E-state index in [9.17, 15) is 14.7 Å². The first-order valence-electron chi connectivity index (χ1n) is 12.2. The van der Waals surface area contributed by atoms with E-state index < -0.39 is 17.7 Å². The van der Waals surface area contributed by atoms with Crippen LogP contribution >= 0.6 is 11.3 Å². The first-order valence-corrected chi connectivity index (χ1v) is 13.0. The van der Waals surface area contributed by atoms with Gasteiger partial charge in [0, 0.05) is 5.56 Å². The van der Waals surface area contributed by atoms with Crippen LogP contribution in [0.15, 0.2) is 78.4 Å². The Labute approximate surface area is 219 Å². The summed E-state index contributed by atoms with van der Waals surface area (Å²) in [5, 5.41) is 11.7. The van der Waals surface area contributed by atoms with E-state index in [1.54, 1.807) is 24.3 Å². The number of hydrogen-bond donors (Lipinski definition) is 1. The van der Waals surface area contributed by atoms with Crippen molar-refractivity contribution < 1.29 is 19.4 Å². The lowest BCUT2D eigenvalue weighted by atomic mass is 9.85. The van der Waals surface area contributed by atoms with Crippen LogP contribution in [0.2, 0.25) is 0 Å². The van der Waals surface area contributed by atoms with Gasteiger partial charge >= 0.3 is 5.91 Å². The van der Waals surface area contributed by atoms with Gasteiger partial charge in [-0.3, -0.25) is 14.5 Å². The van der Waals surface area contributed by atoms with Crippen LogP contribution in [0.25, 0.3) is 16.0 Å². The standard InChI is InChI=1S/C30H28N2O4S/c1-5-36-21-15-16-22-23(17-21)37-29(31-22)32-25(18-11-13-20(14-12-18)30(2,3)4)24(27(34)28(32)35)26(33)19-9-7-6-8-10-19/h6-17,25,33H,5H2,1-4H3/t25-/m1/s1. The van der Waals surface area contributed by atoms with E-state index >= 15 is 0 Å². The van der Waals surface area contributed by atoms with Crippen molar-refractivity contribution in [2.24, 2.45) is 0 Å². The number of aromatic nitrogens is 1. The van der Waals surface area contributed by atoms with Crippen molar-refractivity contribution in [2.75, 3.05) is 11.5 Å². The summed E-state index contributed by atoms with van der Waals surface area (Å²) in [6, 6.07) is 21.4. The van der Waals surface area contributed by atoms with Gasteiger partial charge in [-0.05, 0) is 41.7 Å². The fraction of sp³-hybridized carbons (Fsp3) is 0.233. The van der Waals surface area contributed by atoms with E-state index in [1.165, 1.54) is 16.2 Å². The third kappa shape index (κ3) is 4.51. The number of carbonyl (C=O) groups is 2. The minimum Gasteiger partial charge on any atom is -0.507 e. The SMILES string of the molecule is CCOc1ccc2nc(N3C(=O)C(=O)C(=C(O)c4ccccc4)[C@H]3c3ccc(C(C)(C)C)cc3)sc2c1. The van der Waals surface area contributed by atoms with Gasteiger partial charge in [0.2, 0.25) is 0 Å². The molecular formula is C30H28N2O4S. The molecule has 2 heterocycles. The number of hydrogen-bond acceptors (Lipinski definition) is 6. The number of Topliss-reactive ketones (excluding diaryl/α,β-unsaturated/α-hetero) is 1. The van der Waals surface area contributed by atoms with E-state index in [4.69, 9.17) is 9.72 Å². The molecule has 5 rings (SSSR count). The highest BCUT2D eigenvalue weighted by molar-refractivity contribution is 7.22. The Morgan fingerprint density at radius 3 is 2.38 bits per heavy atom. The fourth-order valence-corrected chi connectivity index (χ4v) is 5.54. The molecule has 37 heavy (non-hydrogen) atoms. The number of aliphatic hydroxyl groups is 1. The van der Waals surface area contributed by atoms with Crippen molar-refractivity contribution in [1.29, 1.82) is 0 Å². The number of ketones is 1. The summed E-state index contributed by atoms with van der Waals surface area (Å²) in [4.78, 5) is 33.0. The third-order valence-electron chi connectivity index (χ3n) is 6.45. The molecule has 0 bridgehead atoms. The van der Waals surface area contributed by atoms with Crippen LogP contribution in [-0.4, -0.2) is 28.4 Å². The Morgan fingerprint density at radius 2 is 1.73 bits per heavy atom. The molecule has 1 aliphatic rings. The molecule has 0 unspecified atom stereocenters. The van der Waals surface area contributed by atoms with Gasteiger partial charge < -0.3 is 9.84 Å². The van der Waals surface area contributed by atoms with Crippen LogP contribution in [-0.2, 0) is 15.0 Å². The maximum absolute atomic E-state index is 13.5. The fourth-order valence-electron chi connectivity index (χ4n) is 4.51. The van der Waals surface area contributed by atoms with Crippen molar-refractivity contribution in [2.45, 2.75) is 39.2 Å². The highest BCUT2D eigenvalue weighted by atomic mass is 32.1. The molecule has 1 saturated heterocycles. The minimum absolute atomic E-state index is 0.0500. The normalized spacial score (nSPS) is 17.5. The maximum atomic E-state index is 13.5. The van der Waals surface area contributed by atoms with Crippen molar-refractivity contribution in [3.63, 3.8) is 0 Å². The first-order chi connectivity index (χ1) is 17.7. The molecule has 7 heteroatoms. The molecule has 4 aromatic rings. The smallest absolute Gasteiger partial charge is 0.301 e. The van der Waals surface area contributed by atoms with Crippen molar-refractivity contribution in [1.82, 2.24) is 4.98 Å². The molecule has 3 aromatic carbocycles. The summed E-state index contributed by atoms with van der Waals surface area (Å²) >= 11 is 1.31. The second kappa shape index (κ2) is 9.48. The number of fused-ring (bicyclic) bond motifs is 1. The quantitative estimate of drug-likeness (QED) is 0.185. The Bertz CT molecular complexity index is 1510. The molecule has 1 aliphatic heterocycles. The van der Waals surface area contributed by atoms with Gasteiger partial charge in [0.05, 0.1) is 28.4 Å². The van der Waals surface area contributed by atoms with E-state index in [-0.39, 0.29) is 16.7 Å². The first kappa shape index (κ1) is 24.7. The third-order valence-corrected chi connectivity index (χ3v) is 7.47. The lowest BCUT2D eigenvalue weighted by Gasteiger charge is -2.24. The van der Waals surface area contributed by atoms with Crippen LogP contribution in [0.3, 0.4) is 0 Å². The summed E-state index contributed by atoms with van der Waals surface area (Å²) in [6.45, 7) is 8.83. The monoisotopic (exact) mass is 512 g/mol. The zero-order valence-electron chi connectivity index (χ0n) is 21.2. The molecule has 0 saturated carbocycles. The highest BCUT2D eigenvalue weighted by Crippen LogP contribution is 2.45. The average Bonchev–Trinajstić information content (AvgIpc) is 3.41. The number of anilines is 1. The van der Waals surface area contributed by atoms with Gasteiger partial charge in [-0.2, -0.15) is 0 Å². The average molecular weight is 513 g/mol. The van der Waals surface area contributed by atoms with Gasteiger partial charge in [0.1, 0.15) is 11.5 Å². The number of aliphatic hydroxyl groups excluding tert-OH is 1. The predicted molar refractivity (Wildman–Crippen MR) is 147 cm³/mol. The Kier molecular flexibility index (Phi) is 6.33. The summed E-state index contributed by atoms with van der Waals surface area (Å²) in [5.74, 6) is -0.941. The highest BCUT2D eigenvalue weighted by Gasteiger charge is 2.48. The minimum atomic E-state index is -0.818. The number of rotatable bonds is 5. The summed E-state index contributed by atoms with van der Waals surface area (Å²) in [7, 11) is 0. The molecule has 1 atom stereocenters. The van der Waals surface area contributed by atoms with Crippen LogP contribution < -0.4 is 9.64 Å². The second-order valence-electron chi connectivity index (χ2n) is 9.97. The molecule has 0 spiro atoms. The molecule has 1 N–H and O–H groups in total. The van der Waals surface area contributed by atoms with Crippen molar-refractivity contribution in [3.05, 3.63) is 95.1 Å². The Balaban J connectivity index is 1.69. The lowest BCUT2D eigenvalue weighted by molar-refractivity contribution is -0.132. The molecule has 1 amide bonds. The van der Waals surface area contributed by atoms with Gasteiger partial charge in [0.25, 0.3) is 5.78 Å². The topological polar surface area (TPSA) is 79.7 Å². The van der Waals surface area contributed by atoms with E-state index in [0.29, 0.717) is 28.6 Å². The van der Waals surface area contributed by atoms with Crippen LogP contribution in [0, 0.1) is 0 Å². The van der Waals surface area contributed by atoms with Gasteiger partial charge in [-0.1, -0.05) is 86.7 Å². The summed E-state index contributed by atoms with van der Waals surface area (Å²) in [6.07, 6.45) is 0. The molecule has 1 fully saturated rings. The summed E-state index contributed by atoms with van der Waals surface area (Å²) < 4.78 is 6.46. The zero-order valence-corrected chi connectivity index (χ0v) is 22.0. The summed E-state index contributed by atoms with van der Waals surface area (Å²) in [5.41, 5.74) is 3.01. The zero-order chi connectivity index (χ0) is 26.3. The molecule has 1 aromatic heterocycles. The van der Waals surface area contributed by atoms with Gasteiger partial charge in [-0.25, -0.2) is 4.98 Å². The molecular weight excluding hydrogens is 484 g/mol. The van der Waals surface area contributed by atoms with Crippen molar-refractivity contribution in [3.8, 4) is 5.75 Å². The number of thiazole rings is 1. The van der Waals surface area contributed by atoms with Crippen LogP contribution in [0.5, 0.6) is 5.75 Å². The second-order valence-corrected chi connectivity index (χ2v) is 11.0. The van der Waals surface area contributed by atoms with Crippen LogP contribution in [0.4, 0.5) is 5.13 Å². The van der Waals surface area contributed by atoms with Gasteiger partial charge in [-0.15, -0.1) is 0 Å².